The zero-order valence-electron chi connectivity index (χ0n) is 15.0. The minimum atomic E-state index is -3.45. The molecule has 0 radical (unpaired) electrons. The molecular weight excluding hydrogens is 338 g/mol. The van der Waals surface area contributed by atoms with Crippen LogP contribution in [0.5, 0.6) is 0 Å². The Morgan fingerprint density at radius 2 is 1.52 bits per heavy atom. The van der Waals surface area contributed by atoms with Crippen LogP contribution in [0.4, 0.5) is 0 Å². The minimum Gasteiger partial charge on any atom is -0.341 e. The van der Waals surface area contributed by atoms with Crippen LogP contribution in [-0.4, -0.2) is 73.7 Å². The maximum Gasteiger partial charge on any atom is 0.243 e. The van der Waals surface area contributed by atoms with Crippen molar-refractivity contribution in [2.45, 2.75) is 37.6 Å². The Morgan fingerprint density at radius 1 is 0.960 bits per heavy atom. The molecule has 3 rings (SSSR count). The molecule has 0 saturated carbocycles. The SMILES string of the molecule is Cc1ccc(S(=O)(=O)N2CCN(C(C)C(=O)N3CCCC3)CC2)cc1. The van der Waals surface area contributed by atoms with E-state index in [1.165, 1.54) is 4.31 Å². The standard InChI is InChI=1S/C18H27N3O3S/c1-15-5-7-17(8-6-15)25(23,24)21-13-11-19(12-14-21)16(2)18(22)20-9-3-4-10-20/h5-8,16H,3-4,9-14H2,1-2H3. The maximum atomic E-state index is 12.8. The average molecular weight is 365 g/mol. The monoisotopic (exact) mass is 365 g/mol. The Labute approximate surface area is 150 Å². The predicted octanol–water partition coefficient (Wildman–Crippen LogP) is 1.31. The number of amides is 1. The highest BCUT2D eigenvalue weighted by atomic mass is 32.2. The van der Waals surface area contributed by atoms with Gasteiger partial charge in [0, 0.05) is 39.3 Å². The van der Waals surface area contributed by atoms with Gasteiger partial charge in [0.05, 0.1) is 10.9 Å². The lowest BCUT2D eigenvalue weighted by Crippen LogP contribution is -2.55. The predicted molar refractivity (Wildman–Crippen MR) is 96.8 cm³/mol. The number of rotatable bonds is 4. The van der Waals surface area contributed by atoms with Crippen LogP contribution in [-0.2, 0) is 14.8 Å². The van der Waals surface area contributed by atoms with Crippen LogP contribution in [0.1, 0.15) is 25.3 Å². The molecule has 1 aromatic carbocycles. The topological polar surface area (TPSA) is 60.9 Å². The van der Waals surface area contributed by atoms with Gasteiger partial charge >= 0.3 is 0 Å². The van der Waals surface area contributed by atoms with Crippen molar-refractivity contribution in [3.05, 3.63) is 29.8 Å². The first-order valence-electron chi connectivity index (χ1n) is 8.99. The van der Waals surface area contributed by atoms with E-state index in [-0.39, 0.29) is 11.9 Å². The number of benzene rings is 1. The molecule has 1 aromatic rings. The molecule has 2 saturated heterocycles. The third-order valence-corrected chi connectivity index (χ3v) is 7.17. The molecule has 0 aliphatic carbocycles. The van der Waals surface area contributed by atoms with Crippen molar-refractivity contribution in [1.29, 1.82) is 0 Å². The third-order valence-electron chi connectivity index (χ3n) is 5.25. The lowest BCUT2D eigenvalue weighted by Gasteiger charge is -2.37. The van der Waals surface area contributed by atoms with E-state index >= 15 is 0 Å². The summed E-state index contributed by atoms with van der Waals surface area (Å²) in [6, 6.07) is 6.79. The van der Waals surface area contributed by atoms with Gasteiger partial charge in [-0.05, 0) is 38.8 Å². The number of likely N-dealkylation sites (tertiary alicyclic amines) is 1. The summed E-state index contributed by atoms with van der Waals surface area (Å²) in [5, 5.41) is 0. The van der Waals surface area contributed by atoms with Gasteiger partial charge in [-0.15, -0.1) is 0 Å². The Kier molecular flexibility index (Phi) is 5.46. The van der Waals surface area contributed by atoms with Crippen molar-refractivity contribution in [1.82, 2.24) is 14.1 Å². The largest absolute Gasteiger partial charge is 0.341 e. The molecule has 1 atom stereocenters. The van der Waals surface area contributed by atoms with Gasteiger partial charge in [-0.3, -0.25) is 9.69 Å². The minimum absolute atomic E-state index is 0.173. The smallest absolute Gasteiger partial charge is 0.243 e. The summed E-state index contributed by atoms with van der Waals surface area (Å²) in [5.41, 5.74) is 1.04. The van der Waals surface area contributed by atoms with E-state index in [2.05, 4.69) is 4.90 Å². The molecule has 0 aromatic heterocycles. The summed E-state index contributed by atoms with van der Waals surface area (Å²) in [4.78, 5) is 16.9. The molecule has 1 amide bonds. The summed E-state index contributed by atoms with van der Waals surface area (Å²) >= 11 is 0. The molecule has 2 heterocycles. The van der Waals surface area contributed by atoms with Crippen LogP contribution in [0.25, 0.3) is 0 Å². The molecule has 25 heavy (non-hydrogen) atoms. The number of carbonyl (C=O) groups excluding carboxylic acids is 1. The molecule has 1 unspecified atom stereocenters. The van der Waals surface area contributed by atoms with Gasteiger partial charge in [-0.25, -0.2) is 8.42 Å². The molecule has 0 bridgehead atoms. The van der Waals surface area contributed by atoms with Crippen molar-refractivity contribution >= 4 is 15.9 Å². The maximum absolute atomic E-state index is 12.8. The summed E-state index contributed by atoms with van der Waals surface area (Å²) in [6.45, 7) is 7.61. The fourth-order valence-electron chi connectivity index (χ4n) is 3.55. The van der Waals surface area contributed by atoms with E-state index in [1.807, 2.05) is 30.9 Å². The molecule has 2 aliphatic heterocycles. The van der Waals surface area contributed by atoms with Gasteiger partial charge in [-0.2, -0.15) is 4.31 Å². The van der Waals surface area contributed by atoms with Gasteiger partial charge in [-0.1, -0.05) is 17.7 Å². The van der Waals surface area contributed by atoms with E-state index < -0.39 is 10.0 Å². The van der Waals surface area contributed by atoms with Gasteiger partial charge in [0.2, 0.25) is 15.9 Å². The Hall–Kier alpha value is -1.44. The van der Waals surface area contributed by atoms with Gasteiger partial charge in [0.1, 0.15) is 0 Å². The van der Waals surface area contributed by atoms with Crippen molar-refractivity contribution in [2.75, 3.05) is 39.3 Å². The summed E-state index contributed by atoms with van der Waals surface area (Å²) < 4.78 is 27.0. The molecular formula is C18H27N3O3S. The van der Waals surface area contributed by atoms with Crippen LogP contribution in [0.15, 0.2) is 29.2 Å². The molecule has 0 N–H and O–H groups in total. The lowest BCUT2D eigenvalue weighted by atomic mass is 10.2. The van der Waals surface area contributed by atoms with E-state index in [4.69, 9.17) is 0 Å². The van der Waals surface area contributed by atoms with E-state index in [1.54, 1.807) is 12.1 Å². The van der Waals surface area contributed by atoms with Crippen LogP contribution < -0.4 is 0 Å². The van der Waals surface area contributed by atoms with Gasteiger partial charge in [0.25, 0.3) is 0 Å². The highest BCUT2D eigenvalue weighted by Crippen LogP contribution is 2.20. The first kappa shape index (κ1) is 18.4. The second-order valence-corrected chi connectivity index (χ2v) is 8.90. The van der Waals surface area contributed by atoms with Crippen LogP contribution >= 0.6 is 0 Å². The number of carbonyl (C=O) groups is 1. The Balaban J connectivity index is 1.61. The Bertz CT molecular complexity index is 704. The molecule has 138 valence electrons. The quantitative estimate of drug-likeness (QED) is 0.807. The first-order chi connectivity index (χ1) is 11.9. The van der Waals surface area contributed by atoms with E-state index in [9.17, 15) is 13.2 Å². The number of sulfonamides is 1. The fourth-order valence-corrected chi connectivity index (χ4v) is 4.97. The van der Waals surface area contributed by atoms with Crippen molar-refractivity contribution in [3.8, 4) is 0 Å². The Morgan fingerprint density at radius 3 is 2.08 bits per heavy atom. The number of piperazine rings is 1. The first-order valence-corrected chi connectivity index (χ1v) is 10.4. The normalized spacial score (nSPS) is 21.4. The molecule has 7 heteroatoms. The lowest BCUT2D eigenvalue weighted by molar-refractivity contribution is -0.135. The highest BCUT2D eigenvalue weighted by Gasteiger charge is 2.33. The van der Waals surface area contributed by atoms with Crippen LogP contribution in [0.3, 0.4) is 0 Å². The summed E-state index contributed by atoms with van der Waals surface area (Å²) in [6.07, 6.45) is 2.17. The molecule has 0 spiro atoms. The highest BCUT2D eigenvalue weighted by molar-refractivity contribution is 7.89. The second kappa shape index (κ2) is 7.43. The third kappa shape index (κ3) is 3.88. The number of hydrogen-bond donors (Lipinski definition) is 0. The molecule has 6 nitrogen and oxygen atoms in total. The number of aryl methyl sites for hydroxylation is 1. The number of hydrogen-bond acceptors (Lipinski definition) is 4. The zero-order valence-corrected chi connectivity index (χ0v) is 15.8. The van der Waals surface area contributed by atoms with Crippen molar-refractivity contribution < 1.29 is 13.2 Å². The van der Waals surface area contributed by atoms with Gasteiger partial charge in [0.15, 0.2) is 0 Å². The van der Waals surface area contributed by atoms with Crippen molar-refractivity contribution in [3.63, 3.8) is 0 Å². The van der Waals surface area contributed by atoms with Gasteiger partial charge < -0.3 is 4.90 Å². The van der Waals surface area contributed by atoms with Crippen LogP contribution in [0.2, 0.25) is 0 Å². The van der Waals surface area contributed by atoms with Crippen molar-refractivity contribution in [2.24, 2.45) is 0 Å². The second-order valence-electron chi connectivity index (χ2n) is 6.96. The zero-order chi connectivity index (χ0) is 18.0. The number of nitrogens with zero attached hydrogens (tertiary/aromatic N) is 3. The fraction of sp³-hybridized carbons (Fsp3) is 0.611. The van der Waals surface area contributed by atoms with E-state index in [0.717, 1.165) is 31.5 Å². The van der Waals surface area contributed by atoms with E-state index in [0.29, 0.717) is 31.1 Å². The average Bonchev–Trinajstić information content (AvgIpc) is 3.15. The summed E-state index contributed by atoms with van der Waals surface area (Å²) in [5.74, 6) is 0.173. The van der Waals surface area contributed by atoms with Crippen LogP contribution in [0, 0.1) is 6.92 Å². The molecule has 2 aliphatic rings. The molecule has 2 fully saturated rings. The summed E-state index contributed by atoms with van der Waals surface area (Å²) in [7, 11) is -3.45.